The molecular formula is C37H32N2O7S. The summed E-state index contributed by atoms with van der Waals surface area (Å²) in [6.45, 7) is 7.30. The summed E-state index contributed by atoms with van der Waals surface area (Å²) in [6, 6.07) is 23.1. The van der Waals surface area contributed by atoms with Crippen LogP contribution in [0.2, 0.25) is 0 Å². The quantitative estimate of drug-likeness (QED) is 0.106. The number of aryl methyl sites for hydroxylation is 2. The van der Waals surface area contributed by atoms with Gasteiger partial charge in [0.25, 0.3) is 5.78 Å². The van der Waals surface area contributed by atoms with E-state index in [1.165, 1.54) is 16.2 Å². The maximum Gasteiger partial charge on any atom is 0.301 e. The van der Waals surface area contributed by atoms with E-state index in [1.807, 2.05) is 63.2 Å². The maximum absolute atomic E-state index is 13.9. The van der Waals surface area contributed by atoms with Crippen LogP contribution in [0.1, 0.15) is 40.8 Å². The van der Waals surface area contributed by atoms with Crippen molar-refractivity contribution >= 4 is 44.1 Å². The van der Waals surface area contributed by atoms with Crippen LogP contribution in [-0.4, -0.2) is 41.6 Å². The van der Waals surface area contributed by atoms with Gasteiger partial charge in [0.05, 0.1) is 28.4 Å². The molecule has 4 aromatic carbocycles. The molecule has 1 saturated heterocycles. The van der Waals surface area contributed by atoms with Crippen molar-refractivity contribution in [2.24, 2.45) is 0 Å². The SMILES string of the molecule is CCOc1cc(C2C(=C(O)c3ccc4c(c3)OCCO4)C(=O)C(=O)N2c2nc3c(C)cc(C)cc3s2)ccc1OCc1ccccc1. The molecule has 0 radical (unpaired) electrons. The monoisotopic (exact) mass is 648 g/mol. The van der Waals surface area contributed by atoms with E-state index in [0.29, 0.717) is 65.7 Å². The molecule has 7 rings (SSSR count). The van der Waals surface area contributed by atoms with E-state index >= 15 is 0 Å². The lowest BCUT2D eigenvalue weighted by molar-refractivity contribution is -0.132. The third-order valence-corrected chi connectivity index (χ3v) is 9.11. The molecule has 238 valence electrons. The lowest BCUT2D eigenvalue weighted by atomic mass is 9.95. The number of carbonyl (C=O) groups excluding carboxylic acids is 2. The molecule has 1 amide bonds. The van der Waals surface area contributed by atoms with Gasteiger partial charge in [-0.25, -0.2) is 4.98 Å². The second kappa shape index (κ2) is 12.4. The fourth-order valence-electron chi connectivity index (χ4n) is 5.97. The summed E-state index contributed by atoms with van der Waals surface area (Å²) in [4.78, 5) is 34.0. The second-order valence-electron chi connectivity index (χ2n) is 11.4. The molecule has 1 aromatic heterocycles. The number of aromatic nitrogens is 1. The number of aliphatic hydroxyl groups excluding tert-OH is 1. The molecule has 0 bridgehead atoms. The largest absolute Gasteiger partial charge is 0.507 e. The number of Topliss-reactive ketones (excluding diaryl/α,β-unsaturated/α-hetero) is 1. The third-order valence-electron chi connectivity index (χ3n) is 8.11. The Hall–Kier alpha value is -5.35. The van der Waals surface area contributed by atoms with E-state index in [2.05, 4.69) is 0 Å². The number of ether oxygens (including phenoxy) is 4. The van der Waals surface area contributed by atoms with Crippen molar-refractivity contribution in [2.75, 3.05) is 24.7 Å². The molecular weight excluding hydrogens is 616 g/mol. The first-order valence-corrected chi connectivity index (χ1v) is 16.2. The zero-order chi connectivity index (χ0) is 32.7. The summed E-state index contributed by atoms with van der Waals surface area (Å²) in [6.07, 6.45) is 0. The Morgan fingerprint density at radius 2 is 1.72 bits per heavy atom. The first-order chi connectivity index (χ1) is 22.8. The van der Waals surface area contributed by atoms with Crippen LogP contribution in [0.5, 0.6) is 23.0 Å². The minimum absolute atomic E-state index is 0.0701. The van der Waals surface area contributed by atoms with Crippen molar-refractivity contribution in [3.63, 3.8) is 0 Å². The molecule has 47 heavy (non-hydrogen) atoms. The van der Waals surface area contributed by atoms with Crippen molar-refractivity contribution in [1.29, 1.82) is 0 Å². The molecule has 0 saturated carbocycles. The minimum atomic E-state index is -1.01. The number of hydrogen-bond acceptors (Lipinski definition) is 9. The normalized spacial score (nSPS) is 16.9. The highest BCUT2D eigenvalue weighted by molar-refractivity contribution is 7.22. The standard InChI is InChI=1S/C37H32N2O7S/c1-4-43-28-18-24(10-12-27(28)46-20-23-8-6-5-7-9-23)33-31(34(40)25-11-13-26-29(19-25)45-15-14-44-26)35(41)36(42)39(33)37-38-32-22(3)16-21(2)17-30(32)47-37/h5-13,16-19,33,40H,4,14-15,20H2,1-3H3. The van der Waals surface area contributed by atoms with Crippen LogP contribution in [0.4, 0.5) is 5.13 Å². The van der Waals surface area contributed by atoms with Crippen LogP contribution in [0.3, 0.4) is 0 Å². The van der Waals surface area contributed by atoms with Gasteiger partial charge in [0.1, 0.15) is 25.6 Å². The zero-order valence-corrected chi connectivity index (χ0v) is 26.9. The number of ketones is 1. The highest BCUT2D eigenvalue weighted by Crippen LogP contribution is 2.47. The third kappa shape index (κ3) is 5.65. The number of fused-ring (bicyclic) bond motifs is 2. The minimum Gasteiger partial charge on any atom is -0.507 e. The van der Waals surface area contributed by atoms with Crippen molar-refractivity contribution in [1.82, 2.24) is 4.98 Å². The summed E-state index contributed by atoms with van der Waals surface area (Å²) < 4.78 is 24.4. The lowest BCUT2D eigenvalue weighted by Gasteiger charge is -2.24. The van der Waals surface area contributed by atoms with E-state index < -0.39 is 17.7 Å². The summed E-state index contributed by atoms with van der Waals surface area (Å²) >= 11 is 1.32. The topological polar surface area (TPSA) is 107 Å². The van der Waals surface area contributed by atoms with E-state index in [0.717, 1.165) is 26.9 Å². The molecule has 9 nitrogen and oxygen atoms in total. The van der Waals surface area contributed by atoms with Crippen molar-refractivity contribution in [2.45, 2.75) is 33.4 Å². The van der Waals surface area contributed by atoms with Crippen LogP contribution in [0, 0.1) is 13.8 Å². The summed E-state index contributed by atoms with van der Waals surface area (Å²) in [5.74, 6) is 0.0000958. The van der Waals surface area contributed by atoms with E-state index in [4.69, 9.17) is 23.9 Å². The van der Waals surface area contributed by atoms with Crippen LogP contribution in [-0.2, 0) is 16.2 Å². The number of thiazole rings is 1. The molecule has 1 fully saturated rings. The Bertz CT molecular complexity index is 2050. The average molecular weight is 649 g/mol. The molecule has 0 aliphatic carbocycles. The van der Waals surface area contributed by atoms with Crippen LogP contribution >= 0.6 is 11.3 Å². The number of nitrogens with zero attached hydrogens (tertiary/aromatic N) is 2. The highest BCUT2D eigenvalue weighted by atomic mass is 32.1. The smallest absolute Gasteiger partial charge is 0.301 e. The van der Waals surface area contributed by atoms with Gasteiger partial charge < -0.3 is 24.1 Å². The van der Waals surface area contributed by atoms with Gasteiger partial charge in [0.2, 0.25) is 0 Å². The molecule has 1 unspecified atom stereocenters. The summed E-state index contributed by atoms with van der Waals surface area (Å²) in [7, 11) is 0. The van der Waals surface area contributed by atoms with Crippen molar-refractivity contribution < 1.29 is 33.6 Å². The number of rotatable bonds is 8. The average Bonchev–Trinajstić information content (AvgIpc) is 3.62. The fourth-order valence-corrected chi connectivity index (χ4v) is 7.14. The molecule has 1 atom stereocenters. The molecule has 3 heterocycles. The van der Waals surface area contributed by atoms with Crippen molar-refractivity contribution in [3.05, 3.63) is 112 Å². The van der Waals surface area contributed by atoms with Gasteiger partial charge in [-0.1, -0.05) is 53.8 Å². The first kappa shape index (κ1) is 30.3. The predicted octanol–water partition coefficient (Wildman–Crippen LogP) is 7.29. The van der Waals surface area contributed by atoms with Crippen LogP contribution in [0.25, 0.3) is 16.0 Å². The Balaban J connectivity index is 1.37. The lowest BCUT2D eigenvalue weighted by Crippen LogP contribution is -2.29. The Kier molecular flexibility index (Phi) is 8.03. The van der Waals surface area contributed by atoms with Gasteiger partial charge in [0, 0.05) is 5.56 Å². The van der Waals surface area contributed by atoms with Gasteiger partial charge in [0.15, 0.2) is 28.1 Å². The molecule has 0 spiro atoms. The number of carbonyl (C=O) groups is 2. The van der Waals surface area contributed by atoms with Gasteiger partial charge >= 0.3 is 5.91 Å². The Morgan fingerprint density at radius 3 is 2.51 bits per heavy atom. The molecule has 5 aromatic rings. The first-order valence-electron chi connectivity index (χ1n) is 15.3. The van der Waals surface area contributed by atoms with Gasteiger partial charge in [-0.15, -0.1) is 0 Å². The maximum atomic E-state index is 13.9. The number of aliphatic hydroxyl groups is 1. The van der Waals surface area contributed by atoms with E-state index in [1.54, 1.807) is 36.4 Å². The predicted molar refractivity (Wildman–Crippen MR) is 180 cm³/mol. The number of amides is 1. The Labute approximate surface area is 275 Å². The van der Waals surface area contributed by atoms with Crippen LogP contribution < -0.4 is 23.8 Å². The fraction of sp³-hybridized carbons (Fsp3) is 0.216. The van der Waals surface area contributed by atoms with Gasteiger partial charge in [-0.2, -0.15) is 0 Å². The van der Waals surface area contributed by atoms with E-state index in [9.17, 15) is 14.7 Å². The van der Waals surface area contributed by atoms with E-state index in [-0.39, 0.29) is 11.3 Å². The molecule has 10 heteroatoms. The summed E-state index contributed by atoms with van der Waals surface area (Å²) in [5, 5.41) is 12.1. The number of benzene rings is 4. The van der Waals surface area contributed by atoms with Crippen LogP contribution in [0.15, 0.2) is 84.4 Å². The van der Waals surface area contributed by atoms with Gasteiger partial charge in [-0.3, -0.25) is 14.5 Å². The molecule has 1 N–H and O–H groups in total. The highest BCUT2D eigenvalue weighted by Gasteiger charge is 2.48. The molecule has 2 aliphatic heterocycles. The number of anilines is 1. The zero-order valence-electron chi connectivity index (χ0n) is 26.1. The summed E-state index contributed by atoms with van der Waals surface area (Å²) in [5.41, 5.74) is 4.57. The van der Waals surface area contributed by atoms with Crippen molar-refractivity contribution in [3.8, 4) is 23.0 Å². The molecule has 2 aliphatic rings. The Morgan fingerprint density at radius 1 is 0.936 bits per heavy atom. The number of hydrogen-bond donors (Lipinski definition) is 1. The second-order valence-corrected chi connectivity index (χ2v) is 12.4. The van der Waals surface area contributed by atoms with Gasteiger partial charge in [-0.05, 0) is 79.4 Å².